The first-order valence-corrected chi connectivity index (χ1v) is 12.1. The normalized spacial score (nSPS) is 12.6. The standard InChI is InChI=1S/3C5H10NO2S.Ge/c3*1-9-3-2-4(6)5(7)8;/h3*4,6H,2-3H2,1H3,(H,7,8);/q3*-1;/p+3. The smallest absolute Gasteiger partial charge is 0.498 e. The summed E-state index contributed by atoms with van der Waals surface area (Å²) in [6.07, 6.45) is 7.26. The Morgan fingerprint density at radius 3 is 0.929 bits per heavy atom. The molecule has 9 N–H and O–H groups in total. The summed E-state index contributed by atoms with van der Waals surface area (Å²) in [6.45, 7) is 0. The fourth-order valence-corrected chi connectivity index (χ4v) is 2.51. The van der Waals surface area contributed by atoms with E-state index in [0.29, 0.717) is 19.3 Å². The summed E-state index contributed by atoms with van der Waals surface area (Å²) in [7, 11) is 0. The molecule has 0 aliphatic heterocycles. The third kappa shape index (κ3) is 28.1. The number of carbonyl (C=O) groups is 3. The Morgan fingerprint density at radius 1 is 0.643 bits per heavy atom. The zero-order chi connectivity index (χ0) is 21.8. The molecule has 0 saturated heterocycles. The summed E-state index contributed by atoms with van der Waals surface area (Å²) in [5.41, 5.74) is 20.9. The summed E-state index contributed by atoms with van der Waals surface area (Å²) < 4.78 is 0. The van der Waals surface area contributed by atoms with Gasteiger partial charge in [0.1, 0.15) is 0 Å². The third-order valence-corrected chi connectivity index (χ3v) is 4.71. The van der Waals surface area contributed by atoms with E-state index in [4.69, 9.17) is 32.5 Å². The van der Waals surface area contributed by atoms with Crippen molar-refractivity contribution in [2.45, 2.75) is 37.4 Å². The van der Waals surface area contributed by atoms with E-state index in [0.717, 1.165) is 17.3 Å². The van der Waals surface area contributed by atoms with Gasteiger partial charge < -0.3 is 32.5 Å². The molecule has 0 heterocycles. The van der Waals surface area contributed by atoms with Crippen LogP contribution in [0, 0.1) is 0 Å². The fraction of sp³-hybridized carbons (Fsp3) is 0.800. The molecule has 0 aromatic rings. The van der Waals surface area contributed by atoms with E-state index in [2.05, 4.69) is 0 Å². The molecule has 0 rings (SSSR count). The van der Waals surface area contributed by atoms with Gasteiger partial charge in [-0.3, -0.25) is 0 Å². The molecule has 3 atom stereocenters. The SMILES string of the molecule is CSCCC([NH-])C(=O)[OH2+].CSCCC([NH-])C(=O)[OH2+].CSCCC([NH-])C(=O)[OH2+].[Ge]. The largest absolute Gasteiger partial charge is 0.660 e. The molecule has 13 heteroatoms. The number of hydrogen-bond acceptors (Lipinski definition) is 6. The van der Waals surface area contributed by atoms with Gasteiger partial charge in [0.2, 0.25) is 0 Å². The van der Waals surface area contributed by atoms with Crippen molar-refractivity contribution in [3.8, 4) is 0 Å². The minimum atomic E-state index is -0.822. The maximum atomic E-state index is 10.1. The quantitative estimate of drug-likeness (QED) is 0.271. The molecule has 0 bridgehead atoms. The molecular formula is C15H33GeN3O6S3. The molecule has 0 aromatic carbocycles. The van der Waals surface area contributed by atoms with Gasteiger partial charge in [-0.25, -0.2) is 0 Å². The van der Waals surface area contributed by atoms with E-state index in [9.17, 15) is 14.4 Å². The van der Waals surface area contributed by atoms with Gasteiger partial charge in [-0.05, 0) is 55.3 Å². The molecule has 0 aliphatic rings. The molecule has 0 aromatic heterocycles. The van der Waals surface area contributed by atoms with Crippen LogP contribution in [0.25, 0.3) is 17.2 Å². The van der Waals surface area contributed by atoms with Gasteiger partial charge in [0.15, 0.2) is 0 Å². The van der Waals surface area contributed by atoms with Crippen molar-refractivity contribution in [3.63, 3.8) is 0 Å². The van der Waals surface area contributed by atoms with Crippen LogP contribution in [0.15, 0.2) is 0 Å². The van der Waals surface area contributed by atoms with Gasteiger partial charge in [0.25, 0.3) is 0 Å². The van der Waals surface area contributed by atoms with Crippen molar-refractivity contribution in [2.75, 3.05) is 36.0 Å². The van der Waals surface area contributed by atoms with Crippen LogP contribution in [0.1, 0.15) is 19.3 Å². The summed E-state index contributed by atoms with van der Waals surface area (Å²) in [4.78, 5) is 30.4. The van der Waals surface area contributed by atoms with Crippen molar-refractivity contribution in [1.29, 1.82) is 0 Å². The van der Waals surface area contributed by atoms with Gasteiger partial charge in [-0.2, -0.15) is 35.3 Å². The second-order valence-corrected chi connectivity index (χ2v) is 8.05. The zero-order valence-corrected chi connectivity index (χ0v) is 21.0. The average molecular weight is 520 g/mol. The second kappa shape index (κ2) is 24.9. The summed E-state index contributed by atoms with van der Waals surface area (Å²) in [6, 6.07) is -2.47. The van der Waals surface area contributed by atoms with Crippen LogP contribution in [-0.4, -0.2) is 105 Å². The van der Waals surface area contributed by atoms with E-state index < -0.39 is 36.0 Å². The number of nitrogens with one attached hydrogen (secondary N) is 3. The van der Waals surface area contributed by atoms with E-state index >= 15 is 0 Å². The summed E-state index contributed by atoms with van der Waals surface area (Å²) in [5, 5.41) is 19.6. The van der Waals surface area contributed by atoms with Gasteiger partial charge >= 0.3 is 17.9 Å². The Morgan fingerprint density at radius 2 is 0.821 bits per heavy atom. The van der Waals surface area contributed by atoms with E-state index in [1.165, 1.54) is 0 Å². The minimum absolute atomic E-state index is 0. The maximum Gasteiger partial charge on any atom is 0.498 e. The number of thioether (sulfide) groups is 3. The summed E-state index contributed by atoms with van der Waals surface area (Å²) >= 11 is 4.78. The van der Waals surface area contributed by atoms with Gasteiger partial charge in [-0.1, -0.05) is 0 Å². The predicted molar refractivity (Wildman–Crippen MR) is 125 cm³/mol. The Hall–Kier alpha value is -0.117. The van der Waals surface area contributed by atoms with E-state index in [1.54, 1.807) is 35.3 Å². The van der Waals surface area contributed by atoms with Crippen LogP contribution >= 0.6 is 35.3 Å². The number of rotatable bonds is 12. The Bertz CT molecular complexity index is 354. The fourth-order valence-electron chi connectivity index (χ4n) is 1.10. The molecule has 0 aliphatic carbocycles. The first kappa shape index (κ1) is 35.3. The van der Waals surface area contributed by atoms with Crippen LogP contribution in [0.4, 0.5) is 0 Å². The molecule has 0 fully saturated rings. The van der Waals surface area contributed by atoms with Crippen LogP contribution in [0.5, 0.6) is 0 Å². The van der Waals surface area contributed by atoms with E-state index in [1.807, 2.05) is 18.8 Å². The Balaban J connectivity index is -0.000000152. The molecule has 0 spiro atoms. The van der Waals surface area contributed by atoms with E-state index in [-0.39, 0.29) is 17.6 Å². The first-order valence-electron chi connectivity index (χ1n) is 7.91. The molecule has 0 amide bonds. The van der Waals surface area contributed by atoms with Crippen LogP contribution in [0.3, 0.4) is 0 Å². The third-order valence-electron chi connectivity index (χ3n) is 2.78. The van der Waals surface area contributed by atoms with Crippen molar-refractivity contribution in [1.82, 2.24) is 0 Å². The van der Waals surface area contributed by atoms with Gasteiger partial charge in [-0.15, -0.1) is 0 Å². The molecule has 0 saturated carbocycles. The van der Waals surface area contributed by atoms with Crippen LogP contribution < -0.4 is 0 Å². The summed E-state index contributed by atoms with van der Waals surface area (Å²) in [5.74, 6) is 0.0493. The minimum Gasteiger partial charge on any atom is -0.660 e. The van der Waals surface area contributed by atoms with Crippen molar-refractivity contribution in [2.24, 2.45) is 0 Å². The van der Waals surface area contributed by atoms with Crippen LogP contribution in [0.2, 0.25) is 0 Å². The molecular weight excluding hydrogens is 487 g/mol. The predicted octanol–water partition coefficient (Wildman–Crippen LogP) is 0.854. The number of hydrogen-bond donors (Lipinski definition) is 0. The zero-order valence-electron chi connectivity index (χ0n) is 16.4. The van der Waals surface area contributed by atoms with Crippen molar-refractivity contribution >= 4 is 70.8 Å². The molecule has 166 valence electrons. The average Bonchev–Trinajstić information content (AvgIpc) is 2.62. The van der Waals surface area contributed by atoms with Crippen molar-refractivity contribution in [3.05, 3.63) is 17.2 Å². The van der Waals surface area contributed by atoms with Gasteiger partial charge in [0.05, 0.1) is 0 Å². The monoisotopic (exact) mass is 521 g/mol. The Labute approximate surface area is 190 Å². The van der Waals surface area contributed by atoms with Crippen LogP contribution in [-0.2, 0) is 14.4 Å². The molecule has 3 unspecified atom stereocenters. The molecule has 4 radical (unpaired) electrons. The molecule has 9 nitrogen and oxygen atoms in total. The molecule has 28 heavy (non-hydrogen) atoms. The van der Waals surface area contributed by atoms with Gasteiger partial charge in [0, 0.05) is 50.1 Å². The first-order chi connectivity index (χ1) is 12.5. The second-order valence-electron chi connectivity index (χ2n) is 5.09. The van der Waals surface area contributed by atoms with Crippen molar-refractivity contribution < 1.29 is 29.7 Å². The maximum absolute atomic E-state index is 10.1. The Kier molecular flexibility index (Phi) is 31.4. The topological polar surface area (TPSA) is 191 Å². The number of carbonyl (C=O) groups excluding carboxylic acids is 3.